The molecular formula is C18H13N3O5S. The first kappa shape index (κ1) is 15.8. The summed E-state index contributed by atoms with van der Waals surface area (Å²) in [7, 11) is 0. The Hall–Kier alpha value is -3.46. The predicted octanol–water partition coefficient (Wildman–Crippen LogP) is 3.60. The number of benzene rings is 2. The Bertz CT molecular complexity index is 1040. The van der Waals surface area contributed by atoms with Crippen molar-refractivity contribution in [2.24, 2.45) is 0 Å². The smallest absolute Gasteiger partial charge is 0.275 e. The summed E-state index contributed by atoms with van der Waals surface area (Å²) in [5.74, 6) is 2.36. The number of thiazole rings is 1. The highest BCUT2D eigenvalue weighted by molar-refractivity contribution is 7.14. The van der Waals surface area contributed by atoms with Gasteiger partial charge in [0, 0.05) is 28.9 Å². The van der Waals surface area contributed by atoms with Crippen LogP contribution in [-0.2, 0) is 0 Å². The van der Waals surface area contributed by atoms with Gasteiger partial charge in [-0.15, -0.1) is 11.3 Å². The maximum absolute atomic E-state index is 12.4. The lowest BCUT2D eigenvalue weighted by atomic mass is 10.2. The van der Waals surface area contributed by atoms with Crippen LogP contribution in [-0.4, -0.2) is 24.5 Å². The van der Waals surface area contributed by atoms with Crippen molar-refractivity contribution in [1.82, 2.24) is 4.98 Å². The van der Waals surface area contributed by atoms with E-state index in [1.807, 2.05) is 18.2 Å². The minimum atomic E-state index is -0.302. The van der Waals surface area contributed by atoms with E-state index in [2.05, 4.69) is 15.6 Å². The summed E-state index contributed by atoms with van der Waals surface area (Å²) in [6.45, 7) is 0.411. The molecule has 1 amide bonds. The number of fused-ring (bicyclic) bond motifs is 2. The Morgan fingerprint density at radius 1 is 0.889 bits per heavy atom. The van der Waals surface area contributed by atoms with Gasteiger partial charge in [0.2, 0.25) is 13.6 Å². The van der Waals surface area contributed by atoms with Crippen LogP contribution in [0.25, 0.3) is 0 Å². The third kappa shape index (κ3) is 3.08. The molecule has 0 aliphatic carbocycles. The number of hydrogen-bond donors (Lipinski definition) is 2. The molecule has 0 fully saturated rings. The summed E-state index contributed by atoms with van der Waals surface area (Å²) in [5.41, 5.74) is 1.74. The van der Waals surface area contributed by atoms with Crippen LogP contribution in [0.1, 0.15) is 10.5 Å². The largest absolute Gasteiger partial charge is 0.454 e. The molecule has 0 unspecified atom stereocenters. The average molecular weight is 383 g/mol. The van der Waals surface area contributed by atoms with Crippen LogP contribution in [0.4, 0.5) is 16.5 Å². The fourth-order valence-electron chi connectivity index (χ4n) is 2.70. The summed E-state index contributed by atoms with van der Waals surface area (Å²) in [5, 5.41) is 8.26. The first-order chi connectivity index (χ1) is 13.2. The van der Waals surface area contributed by atoms with Gasteiger partial charge in [-0.25, -0.2) is 4.98 Å². The molecule has 3 aromatic rings. The van der Waals surface area contributed by atoms with Crippen molar-refractivity contribution in [3.8, 4) is 23.0 Å². The second-order valence-electron chi connectivity index (χ2n) is 5.75. The highest BCUT2D eigenvalue weighted by Crippen LogP contribution is 2.36. The summed E-state index contributed by atoms with van der Waals surface area (Å²) in [6, 6.07) is 10.7. The lowest BCUT2D eigenvalue weighted by Crippen LogP contribution is -2.12. The number of rotatable bonds is 4. The topological polar surface area (TPSA) is 90.9 Å². The monoisotopic (exact) mass is 383 g/mol. The molecule has 0 saturated heterocycles. The van der Waals surface area contributed by atoms with Crippen LogP contribution < -0.4 is 29.6 Å². The quantitative estimate of drug-likeness (QED) is 0.711. The van der Waals surface area contributed by atoms with Gasteiger partial charge in [0.25, 0.3) is 5.91 Å². The van der Waals surface area contributed by atoms with Crippen LogP contribution in [0.2, 0.25) is 0 Å². The normalized spacial score (nSPS) is 13.5. The first-order valence-corrected chi connectivity index (χ1v) is 8.96. The SMILES string of the molecule is O=C(Nc1ccc2c(c1)OCO2)c1csc(Nc2ccc3c(c2)OCO3)n1. The molecule has 3 heterocycles. The highest BCUT2D eigenvalue weighted by atomic mass is 32.1. The van der Waals surface area contributed by atoms with Gasteiger partial charge in [0.15, 0.2) is 28.1 Å². The fourth-order valence-corrected chi connectivity index (χ4v) is 3.41. The van der Waals surface area contributed by atoms with Crippen molar-refractivity contribution < 1.29 is 23.7 Å². The van der Waals surface area contributed by atoms with E-state index in [4.69, 9.17) is 18.9 Å². The Morgan fingerprint density at radius 3 is 2.26 bits per heavy atom. The fraction of sp³-hybridized carbons (Fsp3) is 0.111. The number of aromatic nitrogens is 1. The minimum absolute atomic E-state index is 0.188. The molecule has 2 N–H and O–H groups in total. The third-order valence-corrected chi connectivity index (χ3v) is 4.75. The molecule has 2 aliphatic heterocycles. The second-order valence-corrected chi connectivity index (χ2v) is 6.61. The number of ether oxygens (including phenoxy) is 4. The molecule has 0 atom stereocenters. The van der Waals surface area contributed by atoms with Crippen molar-refractivity contribution in [3.63, 3.8) is 0 Å². The van der Waals surface area contributed by atoms with Gasteiger partial charge in [-0.2, -0.15) is 0 Å². The molecule has 9 heteroatoms. The number of hydrogen-bond acceptors (Lipinski definition) is 8. The summed E-state index contributed by atoms with van der Waals surface area (Å²) >= 11 is 1.34. The van der Waals surface area contributed by atoms with E-state index in [1.165, 1.54) is 11.3 Å². The number of anilines is 3. The molecule has 2 aromatic carbocycles. The zero-order valence-electron chi connectivity index (χ0n) is 13.9. The van der Waals surface area contributed by atoms with Gasteiger partial charge in [-0.1, -0.05) is 0 Å². The molecule has 1 aromatic heterocycles. The Balaban J connectivity index is 1.28. The number of carbonyl (C=O) groups is 1. The number of nitrogens with zero attached hydrogens (tertiary/aromatic N) is 1. The van der Waals surface area contributed by atoms with Gasteiger partial charge in [0.05, 0.1) is 0 Å². The van der Waals surface area contributed by atoms with E-state index in [9.17, 15) is 4.79 Å². The van der Waals surface area contributed by atoms with Crippen LogP contribution in [0.5, 0.6) is 23.0 Å². The second kappa shape index (κ2) is 6.36. The van der Waals surface area contributed by atoms with E-state index >= 15 is 0 Å². The molecule has 0 spiro atoms. The Morgan fingerprint density at radius 2 is 1.52 bits per heavy atom. The molecule has 27 heavy (non-hydrogen) atoms. The van der Waals surface area contributed by atoms with Crippen molar-refractivity contribution >= 4 is 33.8 Å². The van der Waals surface area contributed by atoms with Crippen molar-refractivity contribution in [1.29, 1.82) is 0 Å². The van der Waals surface area contributed by atoms with Crippen LogP contribution in [0.15, 0.2) is 41.8 Å². The van der Waals surface area contributed by atoms with E-state index in [0.717, 1.165) is 5.69 Å². The lowest BCUT2D eigenvalue weighted by molar-refractivity contribution is 0.102. The van der Waals surface area contributed by atoms with Gasteiger partial charge >= 0.3 is 0 Å². The Kier molecular flexibility index (Phi) is 3.72. The van der Waals surface area contributed by atoms with Crippen LogP contribution in [0, 0.1) is 0 Å². The summed E-state index contributed by atoms with van der Waals surface area (Å²) in [4.78, 5) is 16.8. The van der Waals surface area contributed by atoms with Gasteiger partial charge in [-0.3, -0.25) is 4.79 Å². The maximum Gasteiger partial charge on any atom is 0.275 e. The average Bonchev–Trinajstić information content (AvgIpc) is 3.41. The summed E-state index contributed by atoms with van der Waals surface area (Å²) < 4.78 is 21.2. The molecule has 0 radical (unpaired) electrons. The van der Waals surface area contributed by atoms with Gasteiger partial charge in [-0.05, 0) is 24.3 Å². The minimum Gasteiger partial charge on any atom is -0.454 e. The standard InChI is InChI=1S/C18H13N3O5S/c22-17(19-10-1-3-13-15(5-10)25-8-23-13)12-7-27-18(21-12)20-11-2-4-14-16(6-11)26-9-24-14/h1-7H,8-9H2,(H,19,22)(H,20,21). The molecule has 136 valence electrons. The Labute approximate surface area is 157 Å². The van der Waals surface area contributed by atoms with Gasteiger partial charge in [0.1, 0.15) is 5.69 Å². The number of nitrogens with one attached hydrogen (secondary N) is 2. The van der Waals surface area contributed by atoms with E-state index < -0.39 is 0 Å². The predicted molar refractivity (Wildman–Crippen MR) is 98.5 cm³/mol. The number of carbonyl (C=O) groups excluding carboxylic acids is 1. The number of amides is 1. The first-order valence-electron chi connectivity index (χ1n) is 8.08. The molecule has 2 aliphatic rings. The molecular weight excluding hydrogens is 370 g/mol. The summed E-state index contributed by atoms with van der Waals surface area (Å²) in [6.07, 6.45) is 0. The van der Waals surface area contributed by atoms with Crippen molar-refractivity contribution in [3.05, 3.63) is 47.5 Å². The molecule has 0 saturated carbocycles. The third-order valence-electron chi connectivity index (χ3n) is 3.99. The van der Waals surface area contributed by atoms with Crippen molar-refractivity contribution in [2.75, 3.05) is 24.2 Å². The van der Waals surface area contributed by atoms with E-state index in [1.54, 1.807) is 23.6 Å². The molecule has 8 nitrogen and oxygen atoms in total. The highest BCUT2D eigenvalue weighted by Gasteiger charge is 2.17. The van der Waals surface area contributed by atoms with E-state index in [0.29, 0.717) is 39.5 Å². The molecule has 0 bridgehead atoms. The lowest BCUT2D eigenvalue weighted by Gasteiger charge is -2.05. The van der Waals surface area contributed by atoms with E-state index in [-0.39, 0.29) is 19.5 Å². The van der Waals surface area contributed by atoms with Crippen LogP contribution >= 0.6 is 11.3 Å². The zero-order chi connectivity index (χ0) is 18.2. The molecule has 5 rings (SSSR count). The van der Waals surface area contributed by atoms with Crippen molar-refractivity contribution in [2.45, 2.75) is 0 Å². The van der Waals surface area contributed by atoms with Crippen LogP contribution in [0.3, 0.4) is 0 Å². The zero-order valence-corrected chi connectivity index (χ0v) is 14.7. The van der Waals surface area contributed by atoms with Gasteiger partial charge < -0.3 is 29.6 Å². The maximum atomic E-state index is 12.4.